The summed E-state index contributed by atoms with van der Waals surface area (Å²) in [6.07, 6.45) is 5.11. The van der Waals surface area contributed by atoms with Crippen molar-refractivity contribution in [3.8, 4) is 5.82 Å². The molecule has 5 nitrogen and oxygen atoms in total. The summed E-state index contributed by atoms with van der Waals surface area (Å²) in [6, 6.07) is 12.8. The first-order valence-corrected chi connectivity index (χ1v) is 7.33. The Morgan fingerprint density at radius 2 is 1.95 bits per heavy atom. The summed E-state index contributed by atoms with van der Waals surface area (Å²) < 4.78 is 2.75. The Kier molecular flexibility index (Phi) is 3.96. The van der Waals surface area contributed by atoms with E-state index < -0.39 is 0 Å². The molecule has 0 saturated heterocycles. The van der Waals surface area contributed by atoms with E-state index in [0.29, 0.717) is 17.1 Å². The number of carbonyl (C=O) groups excluding carboxylic acids is 1. The lowest BCUT2D eigenvalue weighted by Crippen LogP contribution is -2.12. The number of nitrogens with zero attached hydrogens (tertiary/aromatic N) is 3. The molecule has 2 aromatic heterocycles. The monoisotopic (exact) mass is 390 g/mol. The number of anilines is 1. The van der Waals surface area contributed by atoms with Gasteiger partial charge in [-0.15, -0.1) is 0 Å². The van der Waals surface area contributed by atoms with Gasteiger partial charge in [-0.25, -0.2) is 9.67 Å². The number of halogens is 1. The van der Waals surface area contributed by atoms with Crippen LogP contribution in [0.5, 0.6) is 0 Å². The molecular weight excluding hydrogens is 379 g/mol. The highest BCUT2D eigenvalue weighted by molar-refractivity contribution is 14.1. The van der Waals surface area contributed by atoms with Gasteiger partial charge < -0.3 is 5.32 Å². The van der Waals surface area contributed by atoms with E-state index in [2.05, 4.69) is 38.0 Å². The van der Waals surface area contributed by atoms with Crippen LogP contribution in [0.4, 0.5) is 5.69 Å². The summed E-state index contributed by atoms with van der Waals surface area (Å²) in [6.45, 7) is 0. The lowest BCUT2D eigenvalue weighted by molar-refractivity contribution is 0.102. The molecule has 1 aromatic carbocycles. The van der Waals surface area contributed by atoms with Crippen molar-refractivity contribution in [2.75, 3.05) is 5.32 Å². The third kappa shape index (κ3) is 3.27. The molecule has 0 spiro atoms. The van der Waals surface area contributed by atoms with Crippen molar-refractivity contribution >= 4 is 34.2 Å². The quantitative estimate of drug-likeness (QED) is 0.700. The summed E-state index contributed by atoms with van der Waals surface area (Å²) in [4.78, 5) is 16.3. The van der Waals surface area contributed by atoms with E-state index in [4.69, 9.17) is 0 Å². The maximum atomic E-state index is 12.1. The molecule has 0 aliphatic rings. The first-order valence-electron chi connectivity index (χ1n) is 6.25. The Balaban J connectivity index is 1.73. The minimum atomic E-state index is -0.153. The molecule has 0 radical (unpaired) electrons. The smallest absolute Gasteiger partial charge is 0.255 e. The minimum Gasteiger partial charge on any atom is -0.321 e. The molecule has 0 atom stereocenters. The van der Waals surface area contributed by atoms with Gasteiger partial charge in [0.1, 0.15) is 0 Å². The van der Waals surface area contributed by atoms with Gasteiger partial charge in [-0.3, -0.25) is 4.79 Å². The maximum Gasteiger partial charge on any atom is 0.255 e. The Morgan fingerprint density at radius 1 is 1.14 bits per heavy atom. The molecule has 1 N–H and O–H groups in total. The Labute approximate surface area is 135 Å². The second kappa shape index (κ2) is 6.04. The molecule has 0 fully saturated rings. The Hall–Kier alpha value is -2.22. The van der Waals surface area contributed by atoms with E-state index in [9.17, 15) is 4.79 Å². The average molecular weight is 390 g/mol. The maximum absolute atomic E-state index is 12.1. The third-order valence-corrected chi connectivity index (χ3v) is 3.57. The van der Waals surface area contributed by atoms with Crippen molar-refractivity contribution in [2.45, 2.75) is 0 Å². The summed E-state index contributed by atoms with van der Waals surface area (Å²) in [5.41, 5.74) is 1.26. The summed E-state index contributed by atoms with van der Waals surface area (Å²) in [5, 5.41) is 6.92. The number of hydrogen-bond acceptors (Lipinski definition) is 3. The lowest BCUT2D eigenvalue weighted by atomic mass is 10.2. The average Bonchev–Trinajstić information content (AvgIpc) is 3.03. The Morgan fingerprint density at radius 3 is 2.57 bits per heavy atom. The molecule has 3 rings (SSSR count). The zero-order chi connectivity index (χ0) is 14.7. The fourth-order valence-electron chi connectivity index (χ4n) is 1.80. The fourth-order valence-corrected chi connectivity index (χ4v) is 2.16. The molecule has 6 heteroatoms. The van der Waals surface area contributed by atoms with Crippen LogP contribution in [-0.2, 0) is 0 Å². The number of nitrogens with one attached hydrogen (secondary N) is 1. The zero-order valence-electron chi connectivity index (χ0n) is 10.9. The van der Waals surface area contributed by atoms with Gasteiger partial charge >= 0.3 is 0 Å². The van der Waals surface area contributed by atoms with E-state index in [0.717, 1.165) is 3.57 Å². The van der Waals surface area contributed by atoms with Gasteiger partial charge in [-0.05, 0) is 65.1 Å². The topological polar surface area (TPSA) is 59.8 Å². The van der Waals surface area contributed by atoms with E-state index in [-0.39, 0.29) is 5.91 Å². The number of hydrogen-bond donors (Lipinski definition) is 1. The number of aromatic nitrogens is 3. The van der Waals surface area contributed by atoms with Crippen LogP contribution in [0.2, 0.25) is 0 Å². The van der Waals surface area contributed by atoms with Gasteiger partial charge in [-0.1, -0.05) is 0 Å². The van der Waals surface area contributed by atoms with Gasteiger partial charge in [0.2, 0.25) is 0 Å². The van der Waals surface area contributed by atoms with Crippen molar-refractivity contribution < 1.29 is 4.79 Å². The summed E-state index contributed by atoms with van der Waals surface area (Å²) in [5.74, 6) is 0.548. The largest absolute Gasteiger partial charge is 0.321 e. The molecule has 0 unspecified atom stereocenters. The van der Waals surface area contributed by atoms with E-state index in [1.165, 1.54) is 0 Å². The predicted molar refractivity (Wildman–Crippen MR) is 88.5 cm³/mol. The van der Waals surface area contributed by atoms with E-state index in [1.54, 1.807) is 41.3 Å². The molecule has 0 saturated carbocycles. The molecule has 0 aliphatic heterocycles. The highest BCUT2D eigenvalue weighted by atomic mass is 127. The van der Waals surface area contributed by atoms with E-state index in [1.807, 2.05) is 24.4 Å². The highest BCUT2D eigenvalue weighted by Gasteiger charge is 2.06. The number of benzene rings is 1. The van der Waals surface area contributed by atoms with Crippen molar-refractivity contribution in [3.05, 3.63) is 70.2 Å². The van der Waals surface area contributed by atoms with Crippen molar-refractivity contribution in [1.82, 2.24) is 14.8 Å². The van der Waals surface area contributed by atoms with Gasteiger partial charge in [0.25, 0.3) is 5.91 Å². The number of pyridine rings is 1. The van der Waals surface area contributed by atoms with Crippen molar-refractivity contribution in [3.63, 3.8) is 0 Å². The first kappa shape index (κ1) is 13.7. The molecule has 2 heterocycles. The molecule has 1 amide bonds. The first-order chi connectivity index (χ1) is 10.2. The third-order valence-electron chi connectivity index (χ3n) is 2.85. The number of amides is 1. The highest BCUT2D eigenvalue weighted by Crippen LogP contribution is 2.12. The number of rotatable bonds is 3. The van der Waals surface area contributed by atoms with Crippen LogP contribution in [0.25, 0.3) is 5.82 Å². The van der Waals surface area contributed by atoms with Crippen molar-refractivity contribution in [1.29, 1.82) is 0 Å². The molecule has 104 valence electrons. The second-order valence-electron chi connectivity index (χ2n) is 4.32. The number of carbonyl (C=O) groups is 1. The van der Waals surface area contributed by atoms with Crippen LogP contribution in [0.3, 0.4) is 0 Å². The normalized spacial score (nSPS) is 10.3. The molecule has 21 heavy (non-hydrogen) atoms. The van der Waals surface area contributed by atoms with Crippen LogP contribution < -0.4 is 5.32 Å². The minimum absolute atomic E-state index is 0.153. The van der Waals surface area contributed by atoms with Crippen molar-refractivity contribution in [2.24, 2.45) is 0 Å². The molecule has 3 aromatic rings. The molecule has 0 bridgehead atoms. The van der Waals surface area contributed by atoms with Crippen LogP contribution in [0.1, 0.15) is 10.4 Å². The lowest BCUT2D eigenvalue weighted by Gasteiger charge is -2.06. The Bertz CT molecular complexity index is 736. The predicted octanol–water partition coefficient (Wildman–Crippen LogP) is 3.12. The SMILES string of the molecule is O=C(Nc1ccc(-n2cccn2)nc1)c1ccc(I)cc1. The summed E-state index contributed by atoms with van der Waals surface area (Å²) in [7, 11) is 0. The zero-order valence-corrected chi connectivity index (χ0v) is 13.1. The van der Waals surface area contributed by atoms with Gasteiger partial charge in [-0.2, -0.15) is 5.10 Å². The molecule has 0 aliphatic carbocycles. The van der Waals surface area contributed by atoms with E-state index >= 15 is 0 Å². The summed E-state index contributed by atoms with van der Waals surface area (Å²) >= 11 is 2.20. The van der Waals surface area contributed by atoms with Crippen LogP contribution in [-0.4, -0.2) is 20.7 Å². The van der Waals surface area contributed by atoms with Gasteiger partial charge in [0.15, 0.2) is 5.82 Å². The standard InChI is InChI=1S/C15H11IN4O/c16-12-4-2-11(3-5-12)15(21)19-13-6-7-14(17-10-13)20-9-1-8-18-20/h1-10H,(H,19,21). The molecular formula is C15H11IN4O. The fraction of sp³-hybridized carbons (Fsp3) is 0. The van der Waals surface area contributed by atoms with Crippen LogP contribution >= 0.6 is 22.6 Å². The second-order valence-corrected chi connectivity index (χ2v) is 5.56. The van der Waals surface area contributed by atoms with Gasteiger partial charge in [0.05, 0.1) is 11.9 Å². The van der Waals surface area contributed by atoms with Crippen LogP contribution in [0.15, 0.2) is 61.1 Å². The van der Waals surface area contributed by atoms with Gasteiger partial charge in [0, 0.05) is 21.5 Å². The van der Waals surface area contributed by atoms with Crippen LogP contribution in [0, 0.1) is 3.57 Å².